The lowest BCUT2D eigenvalue weighted by Crippen LogP contribution is -2.41. The lowest BCUT2D eigenvalue weighted by Gasteiger charge is -2.37. The van der Waals surface area contributed by atoms with Gasteiger partial charge in [-0.1, -0.05) is 60.7 Å². The number of benzene rings is 2. The van der Waals surface area contributed by atoms with Crippen molar-refractivity contribution in [3.63, 3.8) is 0 Å². The second-order valence-corrected chi connectivity index (χ2v) is 9.66. The second-order valence-electron chi connectivity index (χ2n) is 9.66. The summed E-state index contributed by atoms with van der Waals surface area (Å²) in [5.74, 6) is -1.05. The van der Waals surface area contributed by atoms with Gasteiger partial charge in [-0.2, -0.15) is 0 Å². The lowest BCUT2D eigenvalue weighted by atomic mass is 9.67. The fraction of sp³-hybridized carbons (Fsp3) is 0.483. The Hall–Kier alpha value is -3.13. The van der Waals surface area contributed by atoms with Crippen LogP contribution in [0.4, 0.5) is 0 Å². The van der Waals surface area contributed by atoms with Crippen molar-refractivity contribution in [2.75, 3.05) is 20.2 Å². The van der Waals surface area contributed by atoms with Crippen molar-refractivity contribution in [1.82, 2.24) is 4.90 Å². The van der Waals surface area contributed by atoms with Crippen molar-refractivity contribution < 1.29 is 14.3 Å². The van der Waals surface area contributed by atoms with Crippen LogP contribution in [-0.4, -0.2) is 42.5 Å². The number of ether oxygens (including phenoxy) is 1. The number of nitrogens with zero attached hydrogens (tertiary/aromatic N) is 2. The molecule has 182 valence electrons. The van der Waals surface area contributed by atoms with E-state index in [9.17, 15) is 9.59 Å². The normalized spacial score (nSPS) is 14.9. The number of methoxy groups -OCH3 is 1. The molecule has 0 fully saturated rings. The first-order valence-corrected chi connectivity index (χ1v) is 12.0. The lowest BCUT2D eigenvalue weighted by molar-refractivity contribution is -0.154. The van der Waals surface area contributed by atoms with Crippen molar-refractivity contribution in [3.8, 4) is 0 Å². The van der Waals surface area contributed by atoms with Crippen molar-refractivity contribution in [3.05, 3.63) is 83.2 Å². The van der Waals surface area contributed by atoms with E-state index >= 15 is 0 Å². The van der Waals surface area contributed by atoms with E-state index in [1.54, 1.807) is 0 Å². The number of hydrogen-bond donors (Lipinski definition) is 0. The Morgan fingerprint density at radius 2 is 1.41 bits per heavy atom. The monoisotopic (exact) mass is 462 g/mol. The maximum absolute atomic E-state index is 13.6. The van der Waals surface area contributed by atoms with Crippen LogP contribution in [0.5, 0.6) is 0 Å². The van der Waals surface area contributed by atoms with Gasteiger partial charge in [-0.3, -0.25) is 9.59 Å². The van der Waals surface area contributed by atoms with Crippen LogP contribution in [0.1, 0.15) is 70.4 Å². The first-order chi connectivity index (χ1) is 16.1. The molecule has 0 N–H and O–H groups in total. The van der Waals surface area contributed by atoms with E-state index in [0.29, 0.717) is 25.9 Å². The van der Waals surface area contributed by atoms with Crippen molar-refractivity contribution in [1.29, 1.82) is 0 Å². The highest BCUT2D eigenvalue weighted by molar-refractivity contribution is 5.85. The Morgan fingerprint density at radius 1 is 0.912 bits per heavy atom. The van der Waals surface area contributed by atoms with Gasteiger partial charge in [0.2, 0.25) is 11.4 Å². The maximum atomic E-state index is 13.6. The summed E-state index contributed by atoms with van der Waals surface area (Å²) in [6.45, 7) is 18.7. The van der Waals surface area contributed by atoms with Gasteiger partial charge in [0.25, 0.3) is 0 Å². The van der Waals surface area contributed by atoms with Crippen LogP contribution in [0.3, 0.4) is 0 Å². The topological polar surface area (TPSA) is 51.0 Å². The molecule has 0 spiro atoms. The maximum Gasteiger partial charge on any atom is 0.311 e. The number of hydrogen-bond acceptors (Lipinski definition) is 3. The molecule has 0 saturated carbocycles. The highest BCUT2D eigenvalue weighted by atomic mass is 16.5. The number of carbonyl (C=O) groups is 2. The van der Waals surface area contributed by atoms with E-state index in [0.717, 1.165) is 11.1 Å². The van der Waals surface area contributed by atoms with Gasteiger partial charge < -0.3 is 14.5 Å². The van der Waals surface area contributed by atoms with Crippen LogP contribution in [0, 0.1) is 12.0 Å². The molecule has 0 bridgehead atoms. The molecular formula is C29H38N2O3. The smallest absolute Gasteiger partial charge is 0.311 e. The minimum Gasteiger partial charge on any atom is -0.469 e. The SMILES string of the molecule is [C-]#[N+]C(C)(C)C(CC(C)(CC(C(=O)N(CC)CC)c1ccccc1)C(=O)OC)c1ccccc1. The second kappa shape index (κ2) is 11.8. The number of likely N-dealkylation sites (N-methyl/N-ethyl adjacent to an activating group) is 1. The van der Waals surface area contributed by atoms with E-state index < -0.39 is 16.9 Å². The fourth-order valence-corrected chi connectivity index (χ4v) is 4.72. The summed E-state index contributed by atoms with van der Waals surface area (Å²) in [6, 6.07) is 19.5. The Morgan fingerprint density at radius 3 is 1.85 bits per heavy atom. The minimum atomic E-state index is -0.972. The summed E-state index contributed by atoms with van der Waals surface area (Å²) in [6.07, 6.45) is 0.699. The van der Waals surface area contributed by atoms with Gasteiger partial charge in [0.15, 0.2) is 0 Å². The number of rotatable bonds is 11. The molecule has 0 aliphatic carbocycles. The summed E-state index contributed by atoms with van der Waals surface area (Å²) in [4.78, 5) is 32.6. The predicted octanol–water partition coefficient (Wildman–Crippen LogP) is 6.08. The Kier molecular flexibility index (Phi) is 9.44. The van der Waals surface area contributed by atoms with E-state index in [1.807, 2.05) is 100 Å². The quantitative estimate of drug-likeness (QED) is 0.300. The molecule has 0 aromatic heterocycles. The molecule has 3 atom stereocenters. The number of carbonyl (C=O) groups excluding carboxylic acids is 2. The summed E-state index contributed by atoms with van der Waals surface area (Å²) in [5, 5.41) is 0. The van der Waals surface area contributed by atoms with Gasteiger partial charge in [-0.25, -0.2) is 6.57 Å². The molecule has 0 heterocycles. The van der Waals surface area contributed by atoms with Crippen LogP contribution in [0.15, 0.2) is 60.7 Å². The highest BCUT2D eigenvalue weighted by Gasteiger charge is 2.47. The third-order valence-corrected chi connectivity index (χ3v) is 6.91. The summed E-state index contributed by atoms with van der Waals surface area (Å²) in [7, 11) is 1.39. The van der Waals surface area contributed by atoms with E-state index in [4.69, 9.17) is 11.3 Å². The first-order valence-electron chi connectivity index (χ1n) is 12.0. The zero-order chi connectivity index (χ0) is 25.4. The van der Waals surface area contributed by atoms with E-state index in [-0.39, 0.29) is 17.8 Å². The Bertz CT molecular complexity index is 977. The third-order valence-electron chi connectivity index (χ3n) is 6.91. The van der Waals surface area contributed by atoms with Gasteiger partial charge in [0.05, 0.1) is 24.4 Å². The molecule has 0 saturated heterocycles. The molecule has 2 aromatic rings. The van der Waals surface area contributed by atoms with E-state index in [2.05, 4.69) is 4.85 Å². The fourth-order valence-electron chi connectivity index (χ4n) is 4.72. The molecule has 34 heavy (non-hydrogen) atoms. The van der Waals surface area contributed by atoms with Crippen LogP contribution in [0.2, 0.25) is 0 Å². The van der Waals surface area contributed by atoms with Gasteiger partial charge >= 0.3 is 5.97 Å². The van der Waals surface area contributed by atoms with Crippen LogP contribution >= 0.6 is 0 Å². The molecule has 5 nitrogen and oxygen atoms in total. The molecule has 0 aliphatic rings. The van der Waals surface area contributed by atoms with E-state index in [1.165, 1.54) is 7.11 Å². The standard InChI is InChI=1S/C29H38N2O3/c1-8-31(9-2)26(32)24(22-16-12-10-13-17-22)20-29(5,27(33)34-7)21-25(28(3,4)30-6)23-18-14-11-15-19-23/h10-19,24-25H,8-9,20-21H2,1-5,7H3. The Balaban J connectivity index is 2.57. The molecule has 2 rings (SSSR count). The zero-order valence-electron chi connectivity index (χ0n) is 21.4. The molecular weight excluding hydrogens is 424 g/mol. The van der Waals surface area contributed by atoms with Crippen molar-refractivity contribution >= 4 is 11.9 Å². The largest absolute Gasteiger partial charge is 0.469 e. The summed E-state index contributed by atoms with van der Waals surface area (Å²) in [5.41, 5.74) is 0.183. The molecule has 1 amide bonds. The average Bonchev–Trinajstić information content (AvgIpc) is 2.87. The van der Waals surface area contributed by atoms with Crippen molar-refractivity contribution in [2.24, 2.45) is 5.41 Å². The van der Waals surface area contributed by atoms with Crippen LogP contribution in [0.25, 0.3) is 4.85 Å². The minimum absolute atomic E-state index is 0.00651. The van der Waals surface area contributed by atoms with Crippen molar-refractivity contribution in [2.45, 2.75) is 64.8 Å². The first kappa shape index (κ1) is 27.1. The van der Waals surface area contributed by atoms with Gasteiger partial charge in [-0.15, -0.1) is 0 Å². The molecule has 0 radical (unpaired) electrons. The van der Waals surface area contributed by atoms with Gasteiger partial charge in [-0.05, 0) is 44.7 Å². The molecule has 3 unspecified atom stereocenters. The van der Waals surface area contributed by atoms with Crippen LogP contribution < -0.4 is 0 Å². The summed E-state index contributed by atoms with van der Waals surface area (Å²) < 4.78 is 5.29. The predicted molar refractivity (Wildman–Crippen MR) is 136 cm³/mol. The number of amides is 1. The Labute approximate surface area is 204 Å². The molecule has 2 aromatic carbocycles. The zero-order valence-corrected chi connectivity index (χ0v) is 21.4. The highest BCUT2D eigenvalue weighted by Crippen LogP contribution is 2.46. The number of esters is 1. The summed E-state index contributed by atoms with van der Waals surface area (Å²) >= 11 is 0. The van der Waals surface area contributed by atoms with Gasteiger partial charge in [0, 0.05) is 26.9 Å². The van der Waals surface area contributed by atoms with Gasteiger partial charge in [0.1, 0.15) is 0 Å². The molecule has 0 aliphatic heterocycles. The average molecular weight is 463 g/mol. The molecule has 5 heteroatoms. The van der Waals surface area contributed by atoms with Crippen LogP contribution in [-0.2, 0) is 14.3 Å². The third kappa shape index (κ3) is 6.26.